The van der Waals surface area contributed by atoms with Crippen LogP contribution in [0.5, 0.6) is 0 Å². The molecule has 4 rings (SSSR count). The largest absolute Gasteiger partial charge is 0.392 e. The van der Waals surface area contributed by atoms with E-state index in [1.807, 2.05) is 6.07 Å². The number of hydrogen-bond acceptors (Lipinski definition) is 4. The van der Waals surface area contributed by atoms with Crippen LogP contribution in [0.4, 0.5) is 0 Å². The van der Waals surface area contributed by atoms with E-state index in [1.165, 1.54) is 22.3 Å². The SMILES string of the molecule is Cc1ccc(C2NNCC2CN2CCC(C(O)Cc3ccccc3)CC2)cc1C. The molecule has 2 aromatic rings. The molecule has 2 aromatic carbocycles. The van der Waals surface area contributed by atoms with E-state index in [2.05, 4.69) is 72.1 Å². The molecule has 0 saturated carbocycles. The van der Waals surface area contributed by atoms with Crippen LogP contribution in [0.1, 0.15) is 41.1 Å². The van der Waals surface area contributed by atoms with Crippen LogP contribution in [0.2, 0.25) is 0 Å². The van der Waals surface area contributed by atoms with Crippen molar-refractivity contribution in [1.29, 1.82) is 0 Å². The Kier molecular flexibility index (Phi) is 6.66. The summed E-state index contributed by atoms with van der Waals surface area (Å²) in [5.41, 5.74) is 12.2. The Morgan fingerprint density at radius 1 is 1.03 bits per heavy atom. The molecule has 0 radical (unpaired) electrons. The summed E-state index contributed by atoms with van der Waals surface area (Å²) in [6.45, 7) is 8.67. The molecule has 4 nitrogen and oxygen atoms in total. The van der Waals surface area contributed by atoms with E-state index in [4.69, 9.17) is 0 Å². The molecule has 0 amide bonds. The number of piperidine rings is 1. The maximum Gasteiger partial charge on any atom is 0.0609 e. The number of aliphatic hydroxyl groups is 1. The molecule has 156 valence electrons. The molecule has 2 heterocycles. The van der Waals surface area contributed by atoms with Crippen LogP contribution in [0.25, 0.3) is 0 Å². The first-order valence-electron chi connectivity index (χ1n) is 11.1. The molecule has 3 N–H and O–H groups in total. The van der Waals surface area contributed by atoms with Gasteiger partial charge in [0, 0.05) is 19.0 Å². The second-order valence-electron chi connectivity index (χ2n) is 9.00. The summed E-state index contributed by atoms with van der Waals surface area (Å²) in [6.07, 6.45) is 2.74. The molecule has 0 aliphatic carbocycles. The lowest BCUT2D eigenvalue weighted by Crippen LogP contribution is -2.41. The highest BCUT2D eigenvalue weighted by Crippen LogP contribution is 2.29. The second kappa shape index (κ2) is 9.40. The minimum atomic E-state index is -0.224. The van der Waals surface area contributed by atoms with Gasteiger partial charge in [0.25, 0.3) is 0 Å². The van der Waals surface area contributed by atoms with Gasteiger partial charge in [-0.05, 0) is 74.4 Å². The molecule has 4 heteroatoms. The minimum absolute atomic E-state index is 0.224. The number of likely N-dealkylation sites (tertiary alicyclic amines) is 1. The Morgan fingerprint density at radius 2 is 1.79 bits per heavy atom. The fraction of sp³-hybridized carbons (Fsp3) is 0.520. The normalized spacial score (nSPS) is 24.7. The van der Waals surface area contributed by atoms with E-state index in [9.17, 15) is 5.11 Å². The first-order chi connectivity index (χ1) is 14.1. The van der Waals surface area contributed by atoms with Gasteiger partial charge in [-0.15, -0.1) is 0 Å². The molecule has 2 fully saturated rings. The Balaban J connectivity index is 1.29. The van der Waals surface area contributed by atoms with E-state index in [0.29, 0.717) is 17.9 Å². The lowest BCUT2D eigenvalue weighted by Gasteiger charge is -2.36. The number of rotatable bonds is 6. The van der Waals surface area contributed by atoms with Gasteiger partial charge in [0.15, 0.2) is 0 Å². The number of aryl methyl sites for hydroxylation is 2. The molecule has 0 bridgehead atoms. The highest BCUT2D eigenvalue weighted by molar-refractivity contribution is 5.32. The lowest BCUT2D eigenvalue weighted by molar-refractivity contribution is 0.0550. The monoisotopic (exact) mass is 393 g/mol. The number of hydrazine groups is 1. The van der Waals surface area contributed by atoms with Crippen molar-refractivity contribution < 1.29 is 5.11 Å². The van der Waals surface area contributed by atoms with Crippen molar-refractivity contribution >= 4 is 0 Å². The van der Waals surface area contributed by atoms with Crippen LogP contribution < -0.4 is 10.9 Å². The van der Waals surface area contributed by atoms with Gasteiger partial charge < -0.3 is 10.0 Å². The molecular formula is C25H35N3O. The molecular weight excluding hydrogens is 358 g/mol. The van der Waals surface area contributed by atoms with Crippen LogP contribution in [-0.2, 0) is 6.42 Å². The molecule has 29 heavy (non-hydrogen) atoms. The van der Waals surface area contributed by atoms with Crippen molar-refractivity contribution in [2.24, 2.45) is 11.8 Å². The summed E-state index contributed by atoms with van der Waals surface area (Å²) in [5, 5.41) is 10.7. The van der Waals surface area contributed by atoms with E-state index in [1.54, 1.807) is 0 Å². The topological polar surface area (TPSA) is 47.5 Å². The standard InChI is InChI=1S/C25H35N3O/c1-18-8-9-22(14-19(18)2)25-23(16-26-27-25)17-28-12-10-21(11-13-28)24(29)15-20-6-4-3-5-7-20/h3-9,14,21,23-27,29H,10-13,15-17H2,1-2H3. The smallest absolute Gasteiger partial charge is 0.0609 e. The summed E-state index contributed by atoms with van der Waals surface area (Å²) >= 11 is 0. The average molecular weight is 394 g/mol. The second-order valence-corrected chi connectivity index (χ2v) is 9.00. The van der Waals surface area contributed by atoms with Crippen molar-refractivity contribution in [3.05, 3.63) is 70.8 Å². The molecule has 3 unspecified atom stereocenters. The van der Waals surface area contributed by atoms with Gasteiger partial charge in [-0.2, -0.15) is 0 Å². The summed E-state index contributed by atoms with van der Waals surface area (Å²) in [6, 6.07) is 17.6. The number of nitrogens with one attached hydrogen (secondary N) is 2. The number of aliphatic hydroxyl groups excluding tert-OH is 1. The zero-order valence-electron chi connectivity index (χ0n) is 17.8. The molecule has 2 aliphatic heterocycles. The van der Waals surface area contributed by atoms with E-state index in [0.717, 1.165) is 45.4 Å². The third kappa shape index (κ3) is 5.07. The maximum absolute atomic E-state index is 10.7. The van der Waals surface area contributed by atoms with Crippen LogP contribution >= 0.6 is 0 Å². The van der Waals surface area contributed by atoms with Gasteiger partial charge in [-0.25, -0.2) is 5.43 Å². The predicted molar refractivity (Wildman–Crippen MR) is 119 cm³/mol. The Bertz CT molecular complexity index is 786. The average Bonchev–Trinajstić information content (AvgIpc) is 3.19. The predicted octanol–water partition coefficient (Wildman–Crippen LogP) is 3.38. The number of nitrogens with zero attached hydrogens (tertiary/aromatic N) is 1. The highest BCUT2D eigenvalue weighted by atomic mass is 16.3. The van der Waals surface area contributed by atoms with Crippen LogP contribution in [-0.4, -0.2) is 42.3 Å². The van der Waals surface area contributed by atoms with Gasteiger partial charge in [-0.1, -0.05) is 48.5 Å². The highest BCUT2D eigenvalue weighted by Gasteiger charge is 2.32. The number of benzene rings is 2. The molecule has 0 aromatic heterocycles. The maximum atomic E-state index is 10.7. The minimum Gasteiger partial charge on any atom is -0.392 e. The third-order valence-corrected chi connectivity index (χ3v) is 6.94. The van der Waals surface area contributed by atoms with E-state index >= 15 is 0 Å². The third-order valence-electron chi connectivity index (χ3n) is 6.94. The quantitative estimate of drug-likeness (QED) is 0.704. The van der Waals surface area contributed by atoms with Gasteiger partial charge in [0.05, 0.1) is 12.1 Å². The van der Waals surface area contributed by atoms with Gasteiger partial charge in [0.2, 0.25) is 0 Å². The van der Waals surface area contributed by atoms with Crippen molar-refractivity contribution in [2.75, 3.05) is 26.2 Å². The van der Waals surface area contributed by atoms with Crippen LogP contribution in [0, 0.1) is 25.7 Å². The zero-order valence-corrected chi connectivity index (χ0v) is 17.8. The first-order valence-corrected chi connectivity index (χ1v) is 11.1. The summed E-state index contributed by atoms with van der Waals surface area (Å²) in [4.78, 5) is 2.60. The Labute approximate surface area is 175 Å². The Morgan fingerprint density at radius 3 is 2.52 bits per heavy atom. The fourth-order valence-corrected chi connectivity index (χ4v) is 4.89. The summed E-state index contributed by atoms with van der Waals surface area (Å²) in [7, 11) is 0. The van der Waals surface area contributed by atoms with E-state index < -0.39 is 0 Å². The van der Waals surface area contributed by atoms with E-state index in [-0.39, 0.29) is 6.10 Å². The fourth-order valence-electron chi connectivity index (χ4n) is 4.89. The summed E-state index contributed by atoms with van der Waals surface area (Å²) < 4.78 is 0. The number of hydrogen-bond donors (Lipinski definition) is 3. The first kappa shape index (κ1) is 20.5. The Hall–Kier alpha value is -1.72. The van der Waals surface area contributed by atoms with Crippen molar-refractivity contribution in [3.8, 4) is 0 Å². The van der Waals surface area contributed by atoms with Crippen LogP contribution in [0.3, 0.4) is 0 Å². The van der Waals surface area contributed by atoms with Crippen molar-refractivity contribution in [1.82, 2.24) is 15.8 Å². The van der Waals surface area contributed by atoms with Crippen molar-refractivity contribution in [2.45, 2.75) is 45.3 Å². The van der Waals surface area contributed by atoms with Crippen molar-refractivity contribution in [3.63, 3.8) is 0 Å². The zero-order chi connectivity index (χ0) is 20.2. The van der Waals surface area contributed by atoms with Gasteiger partial charge in [0.1, 0.15) is 0 Å². The lowest BCUT2D eigenvalue weighted by atomic mass is 9.87. The van der Waals surface area contributed by atoms with Crippen LogP contribution in [0.15, 0.2) is 48.5 Å². The van der Waals surface area contributed by atoms with Gasteiger partial charge >= 0.3 is 0 Å². The van der Waals surface area contributed by atoms with Gasteiger partial charge in [-0.3, -0.25) is 5.43 Å². The molecule has 2 saturated heterocycles. The molecule has 2 aliphatic rings. The molecule has 0 spiro atoms. The molecule has 3 atom stereocenters. The summed E-state index contributed by atoms with van der Waals surface area (Å²) in [5.74, 6) is 0.990.